The van der Waals surface area contributed by atoms with Gasteiger partial charge in [-0.2, -0.15) is 0 Å². The van der Waals surface area contributed by atoms with Crippen molar-refractivity contribution in [1.82, 2.24) is 0 Å². The van der Waals surface area contributed by atoms with Crippen LogP contribution in [0.25, 0.3) is 0 Å². The highest BCUT2D eigenvalue weighted by molar-refractivity contribution is 6.32. The average Bonchev–Trinajstić information content (AvgIpc) is 2.76. The molecule has 3 nitrogen and oxygen atoms in total. The largest absolute Gasteiger partial charge is 0.489 e. The number of hydrogen-bond acceptors (Lipinski definition) is 3. The van der Waals surface area contributed by atoms with Crippen molar-refractivity contribution in [2.45, 2.75) is 18.9 Å². The van der Waals surface area contributed by atoms with Crippen molar-refractivity contribution in [3.63, 3.8) is 0 Å². The Kier molecular flexibility index (Phi) is 4.06. The van der Waals surface area contributed by atoms with Crippen LogP contribution < -0.4 is 9.47 Å². The molecule has 1 aromatic rings. The molecule has 1 saturated heterocycles. The zero-order chi connectivity index (χ0) is 13.2. The standard InChI is InChI=1S/C14H16Cl2O3/c15-8-9-2-5-19-13(9)10-6-11(16)14-12(7-10)17-3-1-4-18-14/h6-7,9,13H,1-5,8H2. The van der Waals surface area contributed by atoms with Gasteiger partial charge >= 0.3 is 0 Å². The zero-order valence-corrected chi connectivity index (χ0v) is 12.0. The minimum atomic E-state index is 0.00662. The Hall–Kier alpha value is -0.640. The van der Waals surface area contributed by atoms with Crippen molar-refractivity contribution in [2.24, 2.45) is 5.92 Å². The Morgan fingerprint density at radius 2 is 2.00 bits per heavy atom. The summed E-state index contributed by atoms with van der Waals surface area (Å²) in [5.74, 6) is 2.28. The average molecular weight is 303 g/mol. The Morgan fingerprint density at radius 1 is 1.16 bits per heavy atom. The van der Waals surface area contributed by atoms with E-state index in [0.717, 1.165) is 25.0 Å². The summed E-state index contributed by atoms with van der Waals surface area (Å²) in [7, 11) is 0. The van der Waals surface area contributed by atoms with Crippen LogP contribution in [-0.4, -0.2) is 25.7 Å². The van der Waals surface area contributed by atoms with Crippen LogP contribution in [0.15, 0.2) is 12.1 Å². The number of rotatable bonds is 2. The fraction of sp³-hybridized carbons (Fsp3) is 0.571. The van der Waals surface area contributed by atoms with E-state index in [1.54, 1.807) is 0 Å². The summed E-state index contributed by atoms with van der Waals surface area (Å²) in [6.45, 7) is 2.03. The van der Waals surface area contributed by atoms with Crippen LogP contribution in [0.1, 0.15) is 24.5 Å². The minimum Gasteiger partial charge on any atom is -0.489 e. The number of alkyl halides is 1. The SMILES string of the molecule is ClCC1CCOC1c1cc(Cl)c2c(c1)OCCCO2. The van der Waals surface area contributed by atoms with Gasteiger partial charge in [0.15, 0.2) is 11.5 Å². The third-order valence-corrected chi connectivity index (χ3v) is 4.24. The number of halogens is 2. The fourth-order valence-electron chi connectivity index (χ4n) is 2.58. The van der Waals surface area contributed by atoms with E-state index in [1.165, 1.54) is 0 Å². The van der Waals surface area contributed by atoms with Crippen molar-refractivity contribution in [1.29, 1.82) is 0 Å². The van der Waals surface area contributed by atoms with Crippen molar-refractivity contribution in [3.05, 3.63) is 22.7 Å². The van der Waals surface area contributed by atoms with E-state index >= 15 is 0 Å². The molecule has 0 saturated carbocycles. The van der Waals surface area contributed by atoms with Crippen molar-refractivity contribution < 1.29 is 14.2 Å². The van der Waals surface area contributed by atoms with Gasteiger partial charge < -0.3 is 14.2 Å². The van der Waals surface area contributed by atoms with Gasteiger partial charge in [0.2, 0.25) is 0 Å². The molecular formula is C14H16Cl2O3. The Balaban J connectivity index is 1.94. The number of benzene rings is 1. The van der Waals surface area contributed by atoms with Gasteiger partial charge in [-0.3, -0.25) is 0 Å². The molecule has 19 heavy (non-hydrogen) atoms. The molecule has 0 amide bonds. The predicted octanol–water partition coefficient (Wildman–Crippen LogP) is 3.82. The molecule has 2 unspecified atom stereocenters. The fourth-order valence-corrected chi connectivity index (χ4v) is 3.17. The highest BCUT2D eigenvalue weighted by Crippen LogP contribution is 2.43. The molecule has 1 aromatic carbocycles. The first-order chi connectivity index (χ1) is 9.29. The van der Waals surface area contributed by atoms with E-state index in [4.69, 9.17) is 37.4 Å². The van der Waals surface area contributed by atoms with E-state index in [0.29, 0.717) is 41.5 Å². The third-order valence-electron chi connectivity index (χ3n) is 3.57. The first kappa shape index (κ1) is 13.3. The molecule has 0 aliphatic carbocycles. The second kappa shape index (κ2) is 5.78. The van der Waals surface area contributed by atoms with Gasteiger partial charge in [0.1, 0.15) is 0 Å². The molecule has 2 atom stereocenters. The molecule has 0 bridgehead atoms. The molecule has 1 fully saturated rings. The first-order valence-corrected chi connectivity index (χ1v) is 7.47. The van der Waals surface area contributed by atoms with Gasteiger partial charge in [0.25, 0.3) is 0 Å². The van der Waals surface area contributed by atoms with Crippen molar-refractivity contribution in [2.75, 3.05) is 25.7 Å². The van der Waals surface area contributed by atoms with Gasteiger partial charge in [-0.05, 0) is 24.1 Å². The zero-order valence-electron chi connectivity index (χ0n) is 10.5. The third kappa shape index (κ3) is 2.64. The van der Waals surface area contributed by atoms with Crippen LogP contribution in [0, 0.1) is 5.92 Å². The summed E-state index contributed by atoms with van der Waals surface area (Å²) in [6, 6.07) is 3.88. The summed E-state index contributed by atoms with van der Waals surface area (Å²) in [5.41, 5.74) is 1.03. The Morgan fingerprint density at radius 3 is 2.84 bits per heavy atom. The maximum Gasteiger partial charge on any atom is 0.179 e. The van der Waals surface area contributed by atoms with Crippen LogP contribution in [-0.2, 0) is 4.74 Å². The predicted molar refractivity (Wildman–Crippen MR) is 74.6 cm³/mol. The minimum absolute atomic E-state index is 0.00662. The van der Waals surface area contributed by atoms with Crippen LogP contribution in [0.2, 0.25) is 5.02 Å². The highest BCUT2D eigenvalue weighted by atomic mass is 35.5. The van der Waals surface area contributed by atoms with Gasteiger partial charge in [-0.1, -0.05) is 11.6 Å². The van der Waals surface area contributed by atoms with Crippen LogP contribution in [0.5, 0.6) is 11.5 Å². The molecule has 104 valence electrons. The van der Waals surface area contributed by atoms with Gasteiger partial charge in [0.05, 0.1) is 24.3 Å². The Bertz CT molecular complexity index is 464. The van der Waals surface area contributed by atoms with Crippen LogP contribution in [0.3, 0.4) is 0 Å². The quantitative estimate of drug-likeness (QED) is 0.777. The molecule has 2 aliphatic heterocycles. The smallest absolute Gasteiger partial charge is 0.179 e. The van der Waals surface area contributed by atoms with Crippen LogP contribution in [0.4, 0.5) is 0 Å². The van der Waals surface area contributed by atoms with E-state index in [9.17, 15) is 0 Å². The number of hydrogen-bond donors (Lipinski definition) is 0. The summed E-state index contributed by atoms with van der Waals surface area (Å²) >= 11 is 12.3. The topological polar surface area (TPSA) is 27.7 Å². The van der Waals surface area contributed by atoms with Crippen molar-refractivity contribution in [3.8, 4) is 11.5 Å². The Labute approximate surface area is 122 Å². The monoisotopic (exact) mass is 302 g/mol. The molecule has 3 rings (SSSR count). The summed E-state index contributed by atoms with van der Waals surface area (Å²) < 4.78 is 17.1. The summed E-state index contributed by atoms with van der Waals surface area (Å²) in [6.07, 6.45) is 1.86. The second-order valence-electron chi connectivity index (χ2n) is 4.87. The molecule has 0 N–H and O–H groups in total. The van der Waals surface area contributed by atoms with Gasteiger partial charge in [-0.25, -0.2) is 0 Å². The molecule has 5 heteroatoms. The molecular weight excluding hydrogens is 287 g/mol. The lowest BCUT2D eigenvalue weighted by Gasteiger charge is -2.19. The maximum atomic E-state index is 6.30. The summed E-state index contributed by atoms with van der Waals surface area (Å²) in [5, 5.41) is 0.582. The normalized spacial score (nSPS) is 26.2. The van der Waals surface area contributed by atoms with E-state index < -0.39 is 0 Å². The van der Waals surface area contributed by atoms with E-state index in [1.807, 2.05) is 12.1 Å². The van der Waals surface area contributed by atoms with Gasteiger partial charge in [0, 0.05) is 24.8 Å². The van der Waals surface area contributed by atoms with E-state index in [-0.39, 0.29) is 6.10 Å². The maximum absolute atomic E-state index is 6.30. The molecule has 0 spiro atoms. The number of ether oxygens (including phenoxy) is 3. The lowest BCUT2D eigenvalue weighted by Crippen LogP contribution is -2.09. The molecule has 2 heterocycles. The number of fused-ring (bicyclic) bond motifs is 1. The first-order valence-electron chi connectivity index (χ1n) is 6.56. The van der Waals surface area contributed by atoms with Crippen molar-refractivity contribution >= 4 is 23.2 Å². The molecule has 2 aliphatic rings. The second-order valence-corrected chi connectivity index (χ2v) is 5.59. The van der Waals surface area contributed by atoms with Crippen LogP contribution >= 0.6 is 23.2 Å². The summed E-state index contributed by atoms with van der Waals surface area (Å²) in [4.78, 5) is 0. The lowest BCUT2D eigenvalue weighted by molar-refractivity contribution is 0.0949. The molecule has 0 aromatic heterocycles. The van der Waals surface area contributed by atoms with Gasteiger partial charge in [-0.15, -0.1) is 11.6 Å². The molecule has 0 radical (unpaired) electrons. The lowest BCUT2D eigenvalue weighted by atomic mass is 9.97. The highest BCUT2D eigenvalue weighted by Gasteiger charge is 2.30. The van der Waals surface area contributed by atoms with E-state index in [2.05, 4.69) is 0 Å².